The number of hydrogen-bond donors (Lipinski definition) is 0. The fourth-order valence-corrected chi connectivity index (χ4v) is 2.03. The van der Waals surface area contributed by atoms with Gasteiger partial charge in [-0.1, -0.05) is 18.2 Å². The zero-order valence-corrected chi connectivity index (χ0v) is 12.2. The fourth-order valence-electron chi connectivity index (χ4n) is 2.03. The molecule has 2 aromatic rings. The maximum Gasteiger partial charge on any atom is 0.433 e. The van der Waals surface area contributed by atoms with Crippen molar-refractivity contribution in [3.63, 3.8) is 0 Å². The van der Waals surface area contributed by atoms with Crippen molar-refractivity contribution in [2.75, 3.05) is 32.1 Å². The smallest absolute Gasteiger partial charge is 0.404 e. The van der Waals surface area contributed by atoms with Crippen LogP contribution in [0.5, 0.6) is 0 Å². The molecule has 0 spiro atoms. The molecule has 0 unspecified atom stereocenters. The minimum Gasteiger partial charge on any atom is -0.404 e. The molecule has 1 heterocycles. The molecule has 0 fully saturated rings. The Labute approximate surface area is 123 Å². The Kier molecular flexibility index (Phi) is 4.94. The summed E-state index contributed by atoms with van der Waals surface area (Å²) in [7, 11) is 4.01. The van der Waals surface area contributed by atoms with Crippen LogP contribution in [0, 0.1) is 10.1 Å². The highest BCUT2D eigenvalue weighted by Gasteiger charge is 2.13. The number of benzene rings is 1. The van der Waals surface area contributed by atoms with Gasteiger partial charge < -0.3 is 9.32 Å². The summed E-state index contributed by atoms with van der Waals surface area (Å²) in [6.45, 7) is 2.25. The molecule has 0 aliphatic carbocycles. The van der Waals surface area contributed by atoms with Gasteiger partial charge in [0.15, 0.2) is 0 Å². The number of nitro groups is 1. The normalized spacial score (nSPS) is 10.8. The monoisotopic (exact) mass is 289 g/mol. The van der Waals surface area contributed by atoms with E-state index in [1.807, 2.05) is 32.3 Å². The zero-order chi connectivity index (χ0) is 15.2. The molecule has 1 aromatic heterocycles. The van der Waals surface area contributed by atoms with Gasteiger partial charge in [0.2, 0.25) is 0 Å². The third-order valence-corrected chi connectivity index (χ3v) is 3.27. The van der Waals surface area contributed by atoms with Crippen LogP contribution < -0.4 is 4.90 Å². The van der Waals surface area contributed by atoms with Crippen molar-refractivity contribution in [1.29, 1.82) is 0 Å². The van der Waals surface area contributed by atoms with Crippen molar-refractivity contribution in [3.8, 4) is 0 Å². The van der Waals surface area contributed by atoms with Crippen LogP contribution in [0.2, 0.25) is 0 Å². The van der Waals surface area contributed by atoms with E-state index in [2.05, 4.69) is 21.9 Å². The first kappa shape index (κ1) is 15.1. The number of likely N-dealkylation sites (N-methyl/N-ethyl adjacent to an activating group) is 2. The molecule has 0 amide bonds. The van der Waals surface area contributed by atoms with E-state index >= 15 is 0 Å². The Morgan fingerprint density at radius 2 is 1.81 bits per heavy atom. The van der Waals surface area contributed by atoms with Gasteiger partial charge in [0.25, 0.3) is 0 Å². The largest absolute Gasteiger partial charge is 0.433 e. The van der Waals surface area contributed by atoms with Crippen LogP contribution in [0.25, 0.3) is 0 Å². The molecule has 21 heavy (non-hydrogen) atoms. The molecule has 0 saturated carbocycles. The molecule has 6 nitrogen and oxygen atoms in total. The number of anilines is 1. The van der Waals surface area contributed by atoms with Crippen LogP contribution >= 0.6 is 0 Å². The Hall–Kier alpha value is -2.34. The minimum absolute atomic E-state index is 0.209. The van der Waals surface area contributed by atoms with E-state index in [9.17, 15) is 10.1 Å². The highest BCUT2D eigenvalue weighted by Crippen LogP contribution is 2.17. The van der Waals surface area contributed by atoms with E-state index in [0.29, 0.717) is 12.3 Å². The van der Waals surface area contributed by atoms with Crippen LogP contribution in [-0.4, -0.2) is 37.0 Å². The van der Waals surface area contributed by atoms with Crippen molar-refractivity contribution in [2.24, 2.45) is 0 Å². The van der Waals surface area contributed by atoms with Gasteiger partial charge in [0.1, 0.15) is 10.7 Å². The Bertz CT molecular complexity index is 583. The van der Waals surface area contributed by atoms with Crippen LogP contribution in [0.4, 0.5) is 11.6 Å². The van der Waals surface area contributed by atoms with Crippen LogP contribution in [0.1, 0.15) is 5.76 Å². The lowest BCUT2D eigenvalue weighted by Gasteiger charge is -2.23. The summed E-state index contributed by atoms with van der Waals surface area (Å²) in [6, 6.07) is 13.2. The molecule has 0 saturated heterocycles. The summed E-state index contributed by atoms with van der Waals surface area (Å²) in [5.74, 6) is 0.395. The predicted molar refractivity (Wildman–Crippen MR) is 81.4 cm³/mol. The predicted octanol–water partition coefficient (Wildman–Crippen LogP) is 2.76. The molecule has 0 radical (unpaired) electrons. The quantitative estimate of drug-likeness (QED) is 0.579. The van der Waals surface area contributed by atoms with Gasteiger partial charge in [-0.05, 0) is 25.2 Å². The van der Waals surface area contributed by atoms with Crippen LogP contribution in [0.3, 0.4) is 0 Å². The number of furan rings is 1. The standard InChI is InChI=1S/C15H19N3O3/c1-16(12-14-8-9-15(21-14)18(19)20)10-11-17(2)13-6-4-3-5-7-13/h3-9H,10-12H2,1-2H3. The van der Waals surface area contributed by atoms with Gasteiger partial charge in [-0.25, -0.2) is 0 Å². The first-order valence-electron chi connectivity index (χ1n) is 6.74. The van der Waals surface area contributed by atoms with Crippen molar-refractivity contribution < 1.29 is 9.34 Å². The van der Waals surface area contributed by atoms with Crippen molar-refractivity contribution in [2.45, 2.75) is 6.54 Å². The van der Waals surface area contributed by atoms with Gasteiger partial charge >= 0.3 is 5.88 Å². The highest BCUT2D eigenvalue weighted by atomic mass is 16.6. The number of rotatable bonds is 7. The first-order chi connectivity index (χ1) is 10.1. The Morgan fingerprint density at radius 3 is 2.43 bits per heavy atom. The second-order valence-corrected chi connectivity index (χ2v) is 4.99. The van der Waals surface area contributed by atoms with Crippen molar-refractivity contribution >= 4 is 11.6 Å². The number of para-hydroxylation sites is 1. The summed E-state index contributed by atoms with van der Waals surface area (Å²) >= 11 is 0. The molecule has 0 aliphatic heterocycles. The van der Waals surface area contributed by atoms with E-state index in [-0.39, 0.29) is 5.88 Å². The minimum atomic E-state index is -0.521. The Balaban J connectivity index is 1.81. The van der Waals surface area contributed by atoms with E-state index in [1.165, 1.54) is 11.8 Å². The summed E-state index contributed by atoms with van der Waals surface area (Å²) < 4.78 is 5.15. The molecular weight excluding hydrogens is 270 g/mol. The molecular formula is C15H19N3O3. The third-order valence-electron chi connectivity index (χ3n) is 3.27. The van der Waals surface area contributed by atoms with Gasteiger partial charge in [-0.15, -0.1) is 0 Å². The number of hydrogen-bond acceptors (Lipinski definition) is 5. The zero-order valence-electron chi connectivity index (χ0n) is 12.2. The molecule has 0 aliphatic rings. The maximum atomic E-state index is 10.6. The second kappa shape index (κ2) is 6.90. The molecule has 2 rings (SSSR count). The van der Waals surface area contributed by atoms with Crippen molar-refractivity contribution in [1.82, 2.24) is 4.90 Å². The SMILES string of the molecule is CN(CCN(C)c1ccccc1)Cc1ccc([N+](=O)[O-])o1. The molecule has 1 aromatic carbocycles. The summed E-state index contributed by atoms with van der Waals surface area (Å²) in [4.78, 5) is 14.3. The van der Waals surface area contributed by atoms with E-state index in [0.717, 1.165) is 13.1 Å². The average molecular weight is 289 g/mol. The van der Waals surface area contributed by atoms with E-state index in [4.69, 9.17) is 4.42 Å². The van der Waals surface area contributed by atoms with Crippen molar-refractivity contribution in [3.05, 3.63) is 58.3 Å². The van der Waals surface area contributed by atoms with Crippen LogP contribution in [-0.2, 0) is 6.54 Å². The fraction of sp³-hybridized carbons (Fsp3) is 0.333. The Morgan fingerprint density at radius 1 is 1.10 bits per heavy atom. The van der Waals surface area contributed by atoms with Gasteiger partial charge in [-0.2, -0.15) is 0 Å². The molecule has 0 N–H and O–H groups in total. The summed E-state index contributed by atoms with van der Waals surface area (Å²) in [5, 5.41) is 10.6. The number of nitrogens with zero attached hydrogens (tertiary/aromatic N) is 3. The molecule has 0 atom stereocenters. The first-order valence-corrected chi connectivity index (χ1v) is 6.74. The molecule has 6 heteroatoms. The second-order valence-electron chi connectivity index (χ2n) is 4.99. The van der Waals surface area contributed by atoms with Gasteiger partial charge in [0, 0.05) is 25.8 Å². The highest BCUT2D eigenvalue weighted by molar-refractivity contribution is 5.44. The molecule has 0 bridgehead atoms. The van der Waals surface area contributed by atoms with E-state index < -0.39 is 4.92 Å². The lowest BCUT2D eigenvalue weighted by Crippen LogP contribution is -2.30. The maximum absolute atomic E-state index is 10.6. The van der Waals surface area contributed by atoms with Gasteiger partial charge in [0.05, 0.1) is 12.6 Å². The van der Waals surface area contributed by atoms with E-state index in [1.54, 1.807) is 6.07 Å². The summed E-state index contributed by atoms with van der Waals surface area (Å²) in [5.41, 5.74) is 1.17. The van der Waals surface area contributed by atoms with Crippen LogP contribution in [0.15, 0.2) is 46.9 Å². The summed E-state index contributed by atoms with van der Waals surface area (Å²) in [6.07, 6.45) is 0. The average Bonchev–Trinajstić information content (AvgIpc) is 2.94. The molecule has 112 valence electrons. The lowest BCUT2D eigenvalue weighted by atomic mass is 10.3. The van der Waals surface area contributed by atoms with Gasteiger partial charge in [-0.3, -0.25) is 15.0 Å². The third kappa shape index (κ3) is 4.32. The lowest BCUT2D eigenvalue weighted by molar-refractivity contribution is -0.402. The topological polar surface area (TPSA) is 62.8 Å².